The first-order chi connectivity index (χ1) is 11.8. The molecule has 5 nitrogen and oxygen atoms in total. The van der Waals surface area contributed by atoms with Gasteiger partial charge in [-0.15, -0.1) is 11.3 Å². The largest absolute Gasteiger partial charge is 0.352 e. The van der Waals surface area contributed by atoms with E-state index in [1.807, 2.05) is 29.7 Å². The summed E-state index contributed by atoms with van der Waals surface area (Å²) in [6.07, 6.45) is 4.46. The van der Waals surface area contributed by atoms with E-state index in [1.165, 1.54) is 10.4 Å². The topological polar surface area (TPSA) is 64.8 Å². The lowest BCUT2D eigenvalue weighted by molar-refractivity contribution is 0.732. The molecule has 0 saturated heterocycles. The summed E-state index contributed by atoms with van der Waals surface area (Å²) in [5.74, 6) is 1.69. The molecule has 3 aromatic heterocycles. The van der Waals surface area contributed by atoms with Crippen molar-refractivity contribution in [2.75, 3.05) is 16.8 Å². The van der Waals surface area contributed by atoms with Crippen molar-refractivity contribution >= 4 is 28.7 Å². The number of thiophene rings is 1. The Hall–Kier alpha value is -2.91. The highest BCUT2D eigenvalue weighted by molar-refractivity contribution is 7.10. The highest BCUT2D eigenvalue weighted by atomic mass is 32.1. The molecule has 0 bridgehead atoms. The van der Waals surface area contributed by atoms with Gasteiger partial charge in [-0.05, 0) is 47.7 Å². The highest BCUT2D eigenvalue weighted by Gasteiger charge is 2.18. The summed E-state index contributed by atoms with van der Waals surface area (Å²) in [4.78, 5) is 12.6. The van der Waals surface area contributed by atoms with Crippen LogP contribution >= 0.6 is 11.3 Å². The summed E-state index contributed by atoms with van der Waals surface area (Å²) in [6, 6.07) is 11.8. The maximum absolute atomic E-state index is 8.80. The van der Waals surface area contributed by atoms with Gasteiger partial charge in [0.05, 0.1) is 17.4 Å². The first-order valence-corrected chi connectivity index (χ1v) is 8.59. The van der Waals surface area contributed by atoms with Gasteiger partial charge in [-0.2, -0.15) is 5.26 Å². The molecule has 0 fully saturated rings. The van der Waals surface area contributed by atoms with E-state index >= 15 is 0 Å². The minimum Gasteiger partial charge on any atom is -0.352 e. The SMILES string of the molecule is N#Cc1ccc(Nc2ccc(N3CCc4sccc4C3)nc2)nc1. The molecule has 0 aliphatic carbocycles. The van der Waals surface area contributed by atoms with E-state index in [-0.39, 0.29) is 0 Å². The van der Waals surface area contributed by atoms with E-state index in [4.69, 9.17) is 5.26 Å². The van der Waals surface area contributed by atoms with Crippen LogP contribution in [-0.4, -0.2) is 16.5 Å². The van der Waals surface area contributed by atoms with Gasteiger partial charge in [-0.1, -0.05) is 0 Å². The summed E-state index contributed by atoms with van der Waals surface area (Å²) >= 11 is 1.84. The van der Waals surface area contributed by atoms with Gasteiger partial charge in [0.15, 0.2) is 0 Å². The number of anilines is 3. The Morgan fingerprint density at radius 3 is 2.83 bits per heavy atom. The van der Waals surface area contributed by atoms with E-state index in [0.717, 1.165) is 31.0 Å². The van der Waals surface area contributed by atoms with E-state index in [2.05, 4.69) is 37.7 Å². The van der Waals surface area contributed by atoms with Crippen molar-refractivity contribution in [2.45, 2.75) is 13.0 Å². The van der Waals surface area contributed by atoms with Crippen molar-refractivity contribution in [1.29, 1.82) is 5.26 Å². The molecule has 1 aliphatic heterocycles. The van der Waals surface area contributed by atoms with Crippen molar-refractivity contribution < 1.29 is 0 Å². The van der Waals surface area contributed by atoms with Crippen molar-refractivity contribution in [3.63, 3.8) is 0 Å². The zero-order valence-electron chi connectivity index (χ0n) is 12.9. The van der Waals surface area contributed by atoms with Crippen LogP contribution in [0.25, 0.3) is 0 Å². The Morgan fingerprint density at radius 2 is 2.08 bits per heavy atom. The fourth-order valence-electron chi connectivity index (χ4n) is 2.77. The molecule has 118 valence electrons. The van der Waals surface area contributed by atoms with Gasteiger partial charge < -0.3 is 10.2 Å². The number of hydrogen-bond donors (Lipinski definition) is 1. The molecule has 4 heterocycles. The van der Waals surface area contributed by atoms with Gasteiger partial charge in [0, 0.05) is 24.2 Å². The normalized spacial score (nSPS) is 13.2. The second kappa shape index (κ2) is 6.30. The molecule has 0 aromatic carbocycles. The lowest BCUT2D eigenvalue weighted by Gasteiger charge is -2.28. The number of fused-ring (bicyclic) bond motifs is 1. The Kier molecular flexibility index (Phi) is 3.85. The molecule has 1 aliphatic rings. The summed E-state index contributed by atoms with van der Waals surface area (Å²) in [7, 11) is 0. The van der Waals surface area contributed by atoms with E-state index in [9.17, 15) is 0 Å². The molecule has 0 saturated carbocycles. The summed E-state index contributed by atoms with van der Waals surface area (Å²) in [6.45, 7) is 1.93. The predicted octanol–water partition coefficient (Wildman–Crippen LogP) is 3.72. The zero-order valence-corrected chi connectivity index (χ0v) is 13.8. The number of hydrogen-bond acceptors (Lipinski definition) is 6. The molecular formula is C18H15N5S. The Labute approximate surface area is 144 Å². The lowest BCUT2D eigenvalue weighted by atomic mass is 10.1. The number of nitrogens with one attached hydrogen (secondary N) is 1. The van der Waals surface area contributed by atoms with Gasteiger partial charge in [0.25, 0.3) is 0 Å². The molecule has 0 spiro atoms. The fourth-order valence-corrected chi connectivity index (χ4v) is 3.66. The third-order valence-corrected chi connectivity index (χ3v) is 5.07. The van der Waals surface area contributed by atoms with E-state index < -0.39 is 0 Å². The third kappa shape index (κ3) is 2.94. The van der Waals surface area contributed by atoms with Gasteiger partial charge in [-0.3, -0.25) is 0 Å². The molecule has 0 atom stereocenters. The van der Waals surface area contributed by atoms with Crippen LogP contribution in [-0.2, 0) is 13.0 Å². The maximum atomic E-state index is 8.80. The second-order valence-electron chi connectivity index (χ2n) is 5.61. The van der Waals surface area contributed by atoms with E-state index in [0.29, 0.717) is 11.4 Å². The Balaban J connectivity index is 1.46. The maximum Gasteiger partial charge on any atom is 0.130 e. The van der Waals surface area contributed by atoms with Gasteiger partial charge in [0.1, 0.15) is 17.7 Å². The smallest absolute Gasteiger partial charge is 0.130 e. The zero-order chi connectivity index (χ0) is 16.4. The van der Waals surface area contributed by atoms with Crippen LogP contribution in [0.15, 0.2) is 48.1 Å². The number of nitriles is 1. The average molecular weight is 333 g/mol. The van der Waals surface area contributed by atoms with Crippen LogP contribution in [0, 0.1) is 11.3 Å². The van der Waals surface area contributed by atoms with Crippen LogP contribution in [0.3, 0.4) is 0 Å². The molecule has 1 N–H and O–H groups in total. The number of aromatic nitrogens is 2. The summed E-state index contributed by atoms with van der Waals surface area (Å²) in [5, 5.41) is 14.2. The molecule has 4 rings (SSSR count). The van der Waals surface area contributed by atoms with Crippen LogP contribution in [0.2, 0.25) is 0 Å². The van der Waals surface area contributed by atoms with Crippen LogP contribution in [0.4, 0.5) is 17.3 Å². The van der Waals surface area contributed by atoms with Gasteiger partial charge >= 0.3 is 0 Å². The quantitative estimate of drug-likeness (QED) is 0.791. The first kappa shape index (κ1) is 14.7. The Morgan fingerprint density at radius 1 is 1.12 bits per heavy atom. The third-order valence-electron chi connectivity index (χ3n) is 4.04. The molecule has 6 heteroatoms. The molecule has 3 aromatic rings. The molecule has 24 heavy (non-hydrogen) atoms. The van der Waals surface area contributed by atoms with Crippen LogP contribution < -0.4 is 10.2 Å². The first-order valence-electron chi connectivity index (χ1n) is 7.71. The number of nitrogens with zero attached hydrogens (tertiary/aromatic N) is 4. The number of pyridine rings is 2. The van der Waals surface area contributed by atoms with Crippen molar-refractivity contribution in [1.82, 2.24) is 9.97 Å². The summed E-state index contributed by atoms with van der Waals surface area (Å²) in [5.41, 5.74) is 2.84. The summed E-state index contributed by atoms with van der Waals surface area (Å²) < 4.78 is 0. The van der Waals surface area contributed by atoms with Crippen molar-refractivity contribution in [3.8, 4) is 6.07 Å². The molecule has 0 unspecified atom stereocenters. The second-order valence-corrected chi connectivity index (χ2v) is 6.62. The minimum absolute atomic E-state index is 0.548. The van der Waals surface area contributed by atoms with Gasteiger partial charge in [-0.25, -0.2) is 9.97 Å². The number of rotatable bonds is 3. The van der Waals surface area contributed by atoms with E-state index in [1.54, 1.807) is 18.3 Å². The molecule has 0 amide bonds. The Bertz CT molecular complexity index is 877. The van der Waals surface area contributed by atoms with Crippen molar-refractivity contribution in [2.24, 2.45) is 0 Å². The van der Waals surface area contributed by atoms with Crippen LogP contribution in [0.1, 0.15) is 16.0 Å². The average Bonchev–Trinajstić information content (AvgIpc) is 3.11. The van der Waals surface area contributed by atoms with Gasteiger partial charge in [0.2, 0.25) is 0 Å². The van der Waals surface area contributed by atoms with Crippen LogP contribution in [0.5, 0.6) is 0 Å². The molecular weight excluding hydrogens is 318 g/mol. The monoisotopic (exact) mass is 333 g/mol. The molecule has 0 radical (unpaired) electrons. The minimum atomic E-state index is 0.548. The predicted molar refractivity (Wildman–Crippen MR) is 95.5 cm³/mol. The fraction of sp³-hybridized carbons (Fsp3) is 0.167. The highest BCUT2D eigenvalue weighted by Crippen LogP contribution is 2.27. The lowest BCUT2D eigenvalue weighted by Crippen LogP contribution is -2.29. The standard InChI is InChI=1S/C18H15N5S/c19-9-13-1-3-17(20-10-13)22-15-2-4-18(21-11-15)23-7-5-16-14(12-23)6-8-24-16/h1-4,6,8,10-11H,5,7,12H2,(H,20,22). The van der Waals surface area contributed by atoms with Crippen molar-refractivity contribution in [3.05, 3.63) is 64.1 Å².